The van der Waals surface area contributed by atoms with E-state index in [2.05, 4.69) is 48.5 Å². The van der Waals surface area contributed by atoms with Crippen LogP contribution in [0.25, 0.3) is 0 Å². The SMILES string of the molecule is CCCCCCCCC(CC1(C)COC1)C(CC)(OC(C)C)OC(C)C. The maximum absolute atomic E-state index is 6.51. The van der Waals surface area contributed by atoms with Crippen LogP contribution >= 0.6 is 0 Å². The third-order valence-electron chi connectivity index (χ3n) is 5.53. The van der Waals surface area contributed by atoms with Gasteiger partial charge in [-0.15, -0.1) is 0 Å². The van der Waals surface area contributed by atoms with Crippen LogP contribution in [0.15, 0.2) is 0 Å². The topological polar surface area (TPSA) is 27.7 Å². The second kappa shape index (κ2) is 11.7. The van der Waals surface area contributed by atoms with Crippen LogP contribution in [0.3, 0.4) is 0 Å². The van der Waals surface area contributed by atoms with Gasteiger partial charge in [-0.05, 0) is 47.0 Å². The summed E-state index contributed by atoms with van der Waals surface area (Å²) in [7, 11) is 0. The predicted molar refractivity (Wildman–Crippen MR) is 110 cm³/mol. The van der Waals surface area contributed by atoms with E-state index in [1.165, 1.54) is 44.9 Å². The van der Waals surface area contributed by atoms with E-state index >= 15 is 0 Å². The van der Waals surface area contributed by atoms with Crippen molar-refractivity contribution in [2.45, 2.75) is 124 Å². The molecule has 1 heterocycles. The van der Waals surface area contributed by atoms with E-state index in [1.54, 1.807) is 0 Å². The van der Waals surface area contributed by atoms with Crippen molar-refractivity contribution >= 4 is 0 Å². The first-order valence-corrected chi connectivity index (χ1v) is 11.2. The minimum atomic E-state index is -0.468. The first-order chi connectivity index (χ1) is 12.3. The molecule has 1 atom stereocenters. The van der Waals surface area contributed by atoms with Crippen molar-refractivity contribution < 1.29 is 14.2 Å². The summed E-state index contributed by atoms with van der Waals surface area (Å²) in [6.07, 6.45) is 11.6. The fourth-order valence-electron chi connectivity index (χ4n) is 4.29. The fourth-order valence-corrected chi connectivity index (χ4v) is 4.29. The Morgan fingerprint density at radius 3 is 1.85 bits per heavy atom. The number of hydrogen-bond donors (Lipinski definition) is 0. The van der Waals surface area contributed by atoms with Gasteiger partial charge in [0.1, 0.15) is 0 Å². The summed E-state index contributed by atoms with van der Waals surface area (Å²) >= 11 is 0. The van der Waals surface area contributed by atoms with E-state index in [-0.39, 0.29) is 17.6 Å². The van der Waals surface area contributed by atoms with Crippen LogP contribution in [-0.2, 0) is 14.2 Å². The highest BCUT2D eigenvalue weighted by atomic mass is 16.7. The lowest BCUT2D eigenvalue weighted by Gasteiger charge is -2.48. The molecule has 156 valence electrons. The Balaban J connectivity index is 2.81. The first-order valence-electron chi connectivity index (χ1n) is 11.2. The van der Waals surface area contributed by atoms with Crippen LogP contribution in [0.2, 0.25) is 0 Å². The summed E-state index contributed by atoms with van der Waals surface area (Å²) in [4.78, 5) is 0. The van der Waals surface area contributed by atoms with Gasteiger partial charge in [-0.3, -0.25) is 0 Å². The summed E-state index contributed by atoms with van der Waals surface area (Å²) in [6, 6.07) is 0. The molecule has 1 rings (SSSR count). The highest BCUT2D eigenvalue weighted by Crippen LogP contribution is 2.44. The fraction of sp³-hybridized carbons (Fsp3) is 1.00. The second-order valence-electron chi connectivity index (χ2n) is 9.26. The number of rotatable bonds is 15. The summed E-state index contributed by atoms with van der Waals surface area (Å²) in [5, 5.41) is 0. The summed E-state index contributed by atoms with van der Waals surface area (Å²) < 4.78 is 18.5. The Labute approximate surface area is 163 Å². The van der Waals surface area contributed by atoms with Gasteiger partial charge in [0.05, 0.1) is 25.4 Å². The van der Waals surface area contributed by atoms with Crippen molar-refractivity contribution in [1.29, 1.82) is 0 Å². The molecule has 0 radical (unpaired) electrons. The number of unbranched alkanes of at least 4 members (excludes halogenated alkanes) is 5. The molecule has 3 nitrogen and oxygen atoms in total. The molecule has 1 saturated heterocycles. The molecular formula is C23H46O3. The van der Waals surface area contributed by atoms with E-state index < -0.39 is 5.79 Å². The van der Waals surface area contributed by atoms with Crippen molar-refractivity contribution in [2.75, 3.05) is 13.2 Å². The standard InChI is InChI=1S/C23H46O3/c1-8-10-11-12-13-14-15-21(16-22(7)17-24-18-22)23(9-2,25-19(3)4)26-20(5)6/h19-21H,8-18H2,1-7H3. The molecule has 0 spiro atoms. The molecule has 3 heteroatoms. The zero-order valence-electron chi connectivity index (χ0n) is 18.7. The van der Waals surface area contributed by atoms with E-state index in [1.807, 2.05) is 0 Å². The molecule has 0 aromatic carbocycles. The smallest absolute Gasteiger partial charge is 0.171 e. The van der Waals surface area contributed by atoms with E-state index in [4.69, 9.17) is 14.2 Å². The van der Waals surface area contributed by atoms with Gasteiger partial charge in [-0.2, -0.15) is 0 Å². The highest BCUT2D eigenvalue weighted by Gasteiger charge is 2.46. The minimum absolute atomic E-state index is 0.172. The largest absolute Gasteiger partial charge is 0.380 e. The Bertz CT molecular complexity index is 350. The van der Waals surface area contributed by atoms with Crippen molar-refractivity contribution in [3.63, 3.8) is 0 Å². The molecule has 0 bridgehead atoms. The minimum Gasteiger partial charge on any atom is -0.380 e. The normalized spacial score (nSPS) is 18.3. The van der Waals surface area contributed by atoms with Crippen molar-refractivity contribution in [1.82, 2.24) is 0 Å². The van der Waals surface area contributed by atoms with Gasteiger partial charge in [0.25, 0.3) is 0 Å². The lowest BCUT2D eigenvalue weighted by molar-refractivity contribution is -0.306. The van der Waals surface area contributed by atoms with Crippen LogP contribution < -0.4 is 0 Å². The molecule has 26 heavy (non-hydrogen) atoms. The molecule has 0 aromatic rings. The molecule has 1 unspecified atom stereocenters. The van der Waals surface area contributed by atoms with Gasteiger partial charge >= 0.3 is 0 Å². The van der Waals surface area contributed by atoms with Crippen LogP contribution in [0.4, 0.5) is 0 Å². The lowest BCUT2D eigenvalue weighted by Crippen LogP contribution is -2.51. The number of ether oxygens (including phenoxy) is 3. The van der Waals surface area contributed by atoms with E-state index in [9.17, 15) is 0 Å². The molecule has 0 aliphatic carbocycles. The Morgan fingerprint density at radius 1 is 0.885 bits per heavy atom. The van der Waals surface area contributed by atoms with Crippen molar-refractivity contribution in [2.24, 2.45) is 11.3 Å². The molecule has 1 aliphatic rings. The summed E-state index contributed by atoms with van der Waals surface area (Å²) in [6.45, 7) is 17.1. The molecule has 0 N–H and O–H groups in total. The highest BCUT2D eigenvalue weighted by molar-refractivity contribution is 4.90. The maximum Gasteiger partial charge on any atom is 0.171 e. The molecule has 0 saturated carbocycles. The summed E-state index contributed by atoms with van der Waals surface area (Å²) in [5.41, 5.74) is 0.286. The third kappa shape index (κ3) is 7.86. The Morgan fingerprint density at radius 2 is 1.42 bits per heavy atom. The van der Waals surface area contributed by atoms with Crippen LogP contribution in [-0.4, -0.2) is 31.2 Å². The zero-order valence-corrected chi connectivity index (χ0v) is 18.7. The van der Waals surface area contributed by atoms with Crippen molar-refractivity contribution in [3.8, 4) is 0 Å². The van der Waals surface area contributed by atoms with Gasteiger partial charge in [0, 0.05) is 11.3 Å². The van der Waals surface area contributed by atoms with Gasteiger partial charge < -0.3 is 14.2 Å². The average Bonchev–Trinajstić information content (AvgIpc) is 2.53. The molecule has 1 fully saturated rings. The Kier molecular flexibility index (Phi) is 10.7. The zero-order chi connectivity index (χ0) is 19.6. The van der Waals surface area contributed by atoms with Crippen LogP contribution in [0.1, 0.15) is 106 Å². The maximum atomic E-state index is 6.51. The van der Waals surface area contributed by atoms with E-state index in [0.29, 0.717) is 5.92 Å². The molecule has 0 aromatic heterocycles. The first kappa shape index (κ1) is 23.9. The average molecular weight is 371 g/mol. The van der Waals surface area contributed by atoms with Gasteiger partial charge in [-0.1, -0.05) is 59.3 Å². The molecule has 0 amide bonds. The quantitative estimate of drug-likeness (QED) is 0.236. The lowest BCUT2D eigenvalue weighted by atomic mass is 9.74. The van der Waals surface area contributed by atoms with E-state index in [0.717, 1.165) is 26.1 Å². The predicted octanol–water partition coefficient (Wildman–Crippen LogP) is 6.74. The second-order valence-corrected chi connectivity index (χ2v) is 9.26. The molecule has 1 aliphatic heterocycles. The number of hydrogen-bond acceptors (Lipinski definition) is 3. The van der Waals surface area contributed by atoms with Crippen molar-refractivity contribution in [3.05, 3.63) is 0 Å². The molecular weight excluding hydrogens is 324 g/mol. The monoisotopic (exact) mass is 370 g/mol. The van der Waals surface area contributed by atoms with Crippen LogP contribution in [0, 0.1) is 11.3 Å². The van der Waals surface area contributed by atoms with Gasteiger partial charge in [0.2, 0.25) is 0 Å². The summed E-state index contributed by atoms with van der Waals surface area (Å²) in [5.74, 6) is -0.0398. The van der Waals surface area contributed by atoms with Gasteiger partial charge in [0.15, 0.2) is 5.79 Å². The Hall–Kier alpha value is -0.120. The van der Waals surface area contributed by atoms with Gasteiger partial charge in [-0.25, -0.2) is 0 Å². The van der Waals surface area contributed by atoms with Crippen LogP contribution in [0.5, 0.6) is 0 Å². The third-order valence-corrected chi connectivity index (χ3v) is 5.53.